The zero-order chi connectivity index (χ0) is 12.3. The maximum Gasteiger partial charge on any atom is 0.186 e. The lowest BCUT2D eigenvalue weighted by Crippen LogP contribution is -2.23. The Hall–Kier alpha value is -1.23. The van der Waals surface area contributed by atoms with Crippen LogP contribution in [0, 0.1) is 18.7 Å². The van der Waals surface area contributed by atoms with Crippen LogP contribution in [0.15, 0.2) is 6.33 Å². The van der Waals surface area contributed by atoms with Crippen molar-refractivity contribution in [3.63, 3.8) is 0 Å². The maximum absolute atomic E-state index is 13.6. The number of nitrogens with one attached hydrogen (secondary N) is 1. The number of anilines is 1. The molecule has 2 atom stereocenters. The Kier molecular flexibility index (Phi) is 3.89. The molecule has 2 rings (SSSR count). The molecular formula is C12H18FN3O. The second-order valence-electron chi connectivity index (χ2n) is 4.37. The minimum absolute atomic E-state index is 0.286. The van der Waals surface area contributed by atoms with Crippen LogP contribution in [0.1, 0.15) is 25.5 Å². The third-order valence-corrected chi connectivity index (χ3v) is 3.24. The van der Waals surface area contributed by atoms with Crippen LogP contribution in [-0.4, -0.2) is 29.2 Å². The molecule has 94 valence electrons. The van der Waals surface area contributed by atoms with Gasteiger partial charge in [-0.05, 0) is 19.8 Å². The van der Waals surface area contributed by atoms with Crippen LogP contribution in [0.4, 0.5) is 10.2 Å². The van der Waals surface area contributed by atoms with E-state index in [0.717, 1.165) is 19.4 Å². The van der Waals surface area contributed by atoms with Gasteiger partial charge in [0.2, 0.25) is 0 Å². The molecule has 1 aliphatic rings. The Balaban J connectivity index is 1.95. The number of hydrogen-bond donors (Lipinski definition) is 1. The van der Waals surface area contributed by atoms with Gasteiger partial charge in [-0.25, -0.2) is 14.4 Å². The third-order valence-electron chi connectivity index (χ3n) is 3.24. The fourth-order valence-corrected chi connectivity index (χ4v) is 2.19. The summed E-state index contributed by atoms with van der Waals surface area (Å²) in [4.78, 5) is 7.71. The van der Waals surface area contributed by atoms with E-state index in [9.17, 15) is 4.39 Å². The van der Waals surface area contributed by atoms with Crippen molar-refractivity contribution in [2.45, 2.75) is 32.8 Å². The van der Waals surface area contributed by atoms with E-state index in [1.807, 2.05) is 0 Å². The molecule has 5 heteroatoms. The molecule has 0 amide bonds. The largest absolute Gasteiger partial charge is 0.378 e. The Morgan fingerprint density at radius 2 is 2.35 bits per heavy atom. The van der Waals surface area contributed by atoms with Crippen molar-refractivity contribution in [2.24, 2.45) is 5.92 Å². The van der Waals surface area contributed by atoms with E-state index in [2.05, 4.69) is 22.2 Å². The number of aromatic nitrogens is 2. The van der Waals surface area contributed by atoms with Gasteiger partial charge in [0, 0.05) is 19.1 Å². The monoisotopic (exact) mass is 239 g/mol. The second kappa shape index (κ2) is 5.40. The number of halogens is 1. The lowest BCUT2D eigenvalue weighted by Gasteiger charge is -2.17. The predicted molar refractivity (Wildman–Crippen MR) is 63.4 cm³/mol. The molecule has 2 heterocycles. The van der Waals surface area contributed by atoms with Crippen molar-refractivity contribution in [1.82, 2.24) is 9.97 Å². The van der Waals surface area contributed by atoms with Crippen molar-refractivity contribution >= 4 is 5.82 Å². The van der Waals surface area contributed by atoms with Crippen LogP contribution in [0.25, 0.3) is 0 Å². The van der Waals surface area contributed by atoms with Crippen LogP contribution in [0.2, 0.25) is 0 Å². The first-order valence-electron chi connectivity index (χ1n) is 6.05. The molecule has 0 saturated carbocycles. The maximum atomic E-state index is 13.6. The summed E-state index contributed by atoms with van der Waals surface area (Å²) in [5, 5.41) is 3.05. The highest BCUT2D eigenvalue weighted by molar-refractivity contribution is 5.36. The fourth-order valence-electron chi connectivity index (χ4n) is 2.19. The highest BCUT2D eigenvalue weighted by Gasteiger charge is 2.26. The predicted octanol–water partition coefficient (Wildman–Crippen LogP) is 2.15. The summed E-state index contributed by atoms with van der Waals surface area (Å²) in [6, 6.07) is 0. The first-order chi connectivity index (χ1) is 8.22. The average Bonchev–Trinajstić information content (AvgIpc) is 2.78. The van der Waals surface area contributed by atoms with Crippen molar-refractivity contribution in [2.75, 3.05) is 18.5 Å². The van der Waals surface area contributed by atoms with Gasteiger partial charge in [-0.15, -0.1) is 0 Å². The molecule has 17 heavy (non-hydrogen) atoms. The van der Waals surface area contributed by atoms with Gasteiger partial charge in [-0.1, -0.05) is 6.92 Å². The lowest BCUT2D eigenvalue weighted by molar-refractivity contribution is 0.0900. The number of rotatable bonds is 4. The van der Waals surface area contributed by atoms with Crippen molar-refractivity contribution in [3.8, 4) is 0 Å². The molecule has 1 aromatic rings. The molecule has 0 aromatic carbocycles. The molecule has 2 unspecified atom stereocenters. The topological polar surface area (TPSA) is 47.0 Å². The summed E-state index contributed by atoms with van der Waals surface area (Å²) in [7, 11) is 0. The number of aryl methyl sites for hydroxylation is 1. The summed E-state index contributed by atoms with van der Waals surface area (Å²) >= 11 is 0. The third kappa shape index (κ3) is 2.72. The van der Waals surface area contributed by atoms with Gasteiger partial charge in [0.25, 0.3) is 0 Å². The summed E-state index contributed by atoms with van der Waals surface area (Å²) in [5.74, 6) is 0.369. The van der Waals surface area contributed by atoms with Gasteiger partial charge in [0.1, 0.15) is 6.33 Å². The van der Waals surface area contributed by atoms with E-state index in [1.165, 1.54) is 6.33 Å². The smallest absolute Gasteiger partial charge is 0.186 e. The van der Waals surface area contributed by atoms with Gasteiger partial charge < -0.3 is 10.1 Å². The van der Waals surface area contributed by atoms with Crippen molar-refractivity contribution in [3.05, 3.63) is 17.8 Å². The summed E-state index contributed by atoms with van der Waals surface area (Å²) in [5.41, 5.74) is 0.372. The van der Waals surface area contributed by atoms with E-state index in [0.29, 0.717) is 24.0 Å². The van der Waals surface area contributed by atoms with Gasteiger partial charge in [-0.2, -0.15) is 0 Å². The van der Waals surface area contributed by atoms with E-state index >= 15 is 0 Å². The average molecular weight is 239 g/mol. The van der Waals surface area contributed by atoms with Crippen LogP contribution in [-0.2, 0) is 4.74 Å². The van der Waals surface area contributed by atoms with Crippen LogP contribution in [0.5, 0.6) is 0 Å². The molecular weight excluding hydrogens is 221 g/mol. The highest BCUT2D eigenvalue weighted by atomic mass is 19.1. The minimum Gasteiger partial charge on any atom is -0.378 e. The number of hydrogen-bond acceptors (Lipinski definition) is 4. The molecule has 0 aliphatic carbocycles. The molecule has 1 aliphatic heterocycles. The molecule has 1 N–H and O–H groups in total. The number of ether oxygens (including phenoxy) is 1. The van der Waals surface area contributed by atoms with Crippen LogP contribution < -0.4 is 5.32 Å². The second-order valence-corrected chi connectivity index (χ2v) is 4.37. The van der Waals surface area contributed by atoms with Gasteiger partial charge in [0.15, 0.2) is 11.6 Å². The first kappa shape index (κ1) is 12.2. The zero-order valence-electron chi connectivity index (χ0n) is 10.2. The quantitative estimate of drug-likeness (QED) is 0.874. The van der Waals surface area contributed by atoms with E-state index in [1.54, 1.807) is 6.92 Å². The molecule has 0 spiro atoms. The van der Waals surface area contributed by atoms with E-state index in [4.69, 9.17) is 4.74 Å². The standard InChI is InChI=1S/C12H18FN3O/c1-3-10-9(4-5-17-10)6-14-12-11(13)8(2)15-7-16-12/h7,9-10H,3-6H2,1-2H3,(H,14,15,16). The highest BCUT2D eigenvalue weighted by Crippen LogP contribution is 2.24. The number of nitrogens with zero attached hydrogens (tertiary/aromatic N) is 2. The minimum atomic E-state index is -0.362. The molecule has 1 saturated heterocycles. The summed E-state index contributed by atoms with van der Waals surface area (Å²) in [6.45, 7) is 5.25. The summed E-state index contributed by atoms with van der Waals surface area (Å²) in [6.07, 6.45) is 3.69. The van der Waals surface area contributed by atoms with E-state index < -0.39 is 0 Å². The Labute approximate surface area is 101 Å². The molecule has 1 aromatic heterocycles. The Bertz CT molecular complexity index is 386. The normalized spacial score (nSPS) is 23.9. The van der Waals surface area contributed by atoms with Crippen molar-refractivity contribution < 1.29 is 9.13 Å². The Morgan fingerprint density at radius 3 is 3.12 bits per heavy atom. The van der Waals surface area contributed by atoms with Gasteiger partial charge in [0.05, 0.1) is 11.8 Å². The lowest BCUT2D eigenvalue weighted by atomic mass is 10.00. The van der Waals surface area contributed by atoms with Crippen LogP contribution in [0.3, 0.4) is 0 Å². The fraction of sp³-hybridized carbons (Fsp3) is 0.667. The Morgan fingerprint density at radius 1 is 1.53 bits per heavy atom. The van der Waals surface area contributed by atoms with Gasteiger partial charge >= 0.3 is 0 Å². The van der Waals surface area contributed by atoms with E-state index in [-0.39, 0.29) is 11.9 Å². The van der Waals surface area contributed by atoms with Crippen LogP contribution >= 0.6 is 0 Å². The first-order valence-corrected chi connectivity index (χ1v) is 6.05. The zero-order valence-corrected chi connectivity index (χ0v) is 10.2. The molecule has 1 fully saturated rings. The SMILES string of the molecule is CCC1OCCC1CNc1ncnc(C)c1F. The molecule has 0 radical (unpaired) electrons. The summed E-state index contributed by atoms with van der Waals surface area (Å²) < 4.78 is 19.2. The van der Waals surface area contributed by atoms with Crippen molar-refractivity contribution in [1.29, 1.82) is 0 Å². The molecule has 0 bridgehead atoms. The molecule has 4 nitrogen and oxygen atoms in total. The van der Waals surface area contributed by atoms with Gasteiger partial charge in [-0.3, -0.25) is 0 Å².